The quantitative estimate of drug-likeness (QED) is 0.863. The molecule has 0 bridgehead atoms. The molecule has 0 saturated heterocycles. The van der Waals surface area contributed by atoms with Crippen molar-refractivity contribution in [2.75, 3.05) is 6.61 Å². The van der Waals surface area contributed by atoms with Gasteiger partial charge in [0.1, 0.15) is 11.2 Å². The number of hydrogen-bond acceptors (Lipinski definition) is 6. The van der Waals surface area contributed by atoms with Gasteiger partial charge in [0.05, 0.1) is 12.3 Å². The standard InChI is InChI=1S/C14H16F2N4O2S/c1-8-10(23-12(19-8)11-17-7-18-20-11)13(21)22-6-9-3-2-4-14(15,16)5-9/h7,9H,2-6H2,1H3,(H,17,18,20)/t9-/m0/s1. The maximum Gasteiger partial charge on any atom is 0.350 e. The third kappa shape index (κ3) is 3.72. The number of halogens is 2. The third-order valence-electron chi connectivity index (χ3n) is 3.79. The van der Waals surface area contributed by atoms with Gasteiger partial charge in [-0.2, -0.15) is 5.10 Å². The predicted molar refractivity (Wildman–Crippen MR) is 79.4 cm³/mol. The number of esters is 1. The number of carbonyl (C=O) groups excluding carboxylic acids is 1. The third-order valence-corrected chi connectivity index (χ3v) is 4.94. The molecule has 2 aromatic rings. The van der Waals surface area contributed by atoms with Crippen molar-refractivity contribution in [2.24, 2.45) is 5.92 Å². The Kier molecular flexibility index (Phi) is 4.38. The van der Waals surface area contributed by atoms with E-state index < -0.39 is 11.9 Å². The molecule has 1 N–H and O–H groups in total. The highest BCUT2D eigenvalue weighted by atomic mass is 32.1. The van der Waals surface area contributed by atoms with Crippen LogP contribution < -0.4 is 0 Å². The number of carbonyl (C=O) groups is 1. The van der Waals surface area contributed by atoms with E-state index in [1.165, 1.54) is 6.33 Å². The van der Waals surface area contributed by atoms with Gasteiger partial charge >= 0.3 is 5.97 Å². The Morgan fingerprint density at radius 2 is 2.39 bits per heavy atom. The van der Waals surface area contributed by atoms with Gasteiger partial charge in [0.15, 0.2) is 10.8 Å². The Morgan fingerprint density at radius 3 is 3.09 bits per heavy atom. The average Bonchev–Trinajstić information content (AvgIpc) is 3.13. The van der Waals surface area contributed by atoms with E-state index in [1.807, 2.05) is 0 Å². The van der Waals surface area contributed by atoms with Gasteiger partial charge in [0.25, 0.3) is 0 Å². The molecule has 2 aromatic heterocycles. The molecular formula is C14H16F2N4O2S. The second kappa shape index (κ2) is 6.31. The van der Waals surface area contributed by atoms with Crippen LogP contribution >= 0.6 is 11.3 Å². The number of nitrogens with zero attached hydrogens (tertiary/aromatic N) is 3. The zero-order chi connectivity index (χ0) is 16.4. The molecule has 0 amide bonds. The van der Waals surface area contributed by atoms with Crippen molar-refractivity contribution >= 4 is 17.3 Å². The Bertz CT molecular complexity index is 687. The van der Waals surface area contributed by atoms with Gasteiger partial charge in [-0.1, -0.05) is 0 Å². The number of aryl methyl sites for hydroxylation is 1. The highest BCUT2D eigenvalue weighted by Gasteiger charge is 2.36. The van der Waals surface area contributed by atoms with Crippen molar-refractivity contribution in [3.63, 3.8) is 0 Å². The predicted octanol–water partition coefficient (Wildman–Crippen LogP) is 3.22. The molecule has 1 fully saturated rings. The van der Waals surface area contributed by atoms with Gasteiger partial charge in [-0.3, -0.25) is 5.10 Å². The number of rotatable bonds is 4. The summed E-state index contributed by atoms with van der Waals surface area (Å²) in [5.74, 6) is -2.98. The van der Waals surface area contributed by atoms with Crippen LogP contribution in [0.3, 0.4) is 0 Å². The number of ether oxygens (including phenoxy) is 1. The average molecular weight is 342 g/mol. The number of thiazole rings is 1. The number of hydrogen-bond donors (Lipinski definition) is 1. The molecule has 23 heavy (non-hydrogen) atoms. The van der Waals surface area contributed by atoms with Crippen LogP contribution in [0.5, 0.6) is 0 Å². The lowest BCUT2D eigenvalue weighted by molar-refractivity contribution is -0.0626. The monoisotopic (exact) mass is 342 g/mol. The fourth-order valence-electron chi connectivity index (χ4n) is 2.67. The number of alkyl halides is 2. The molecule has 0 aromatic carbocycles. The molecule has 9 heteroatoms. The second-order valence-corrected chi connectivity index (χ2v) is 6.68. The van der Waals surface area contributed by atoms with Crippen LogP contribution in [-0.2, 0) is 4.74 Å². The molecule has 1 aliphatic carbocycles. The number of aromatic nitrogens is 4. The Morgan fingerprint density at radius 1 is 1.57 bits per heavy atom. The topological polar surface area (TPSA) is 80.8 Å². The Labute approximate surface area is 135 Å². The number of aromatic amines is 1. The van der Waals surface area contributed by atoms with Crippen LogP contribution in [0.4, 0.5) is 8.78 Å². The van der Waals surface area contributed by atoms with E-state index in [-0.39, 0.29) is 25.4 Å². The van der Waals surface area contributed by atoms with E-state index in [2.05, 4.69) is 20.2 Å². The van der Waals surface area contributed by atoms with Gasteiger partial charge in [0.2, 0.25) is 5.92 Å². The van der Waals surface area contributed by atoms with E-state index in [1.54, 1.807) is 6.92 Å². The summed E-state index contributed by atoms with van der Waals surface area (Å²) in [4.78, 5) is 20.8. The van der Waals surface area contributed by atoms with E-state index in [0.717, 1.165) is 11.3 Å². The summed E-state index contributed by atoms with van der Waals surface area (Å²) in [6.45, 7) is 1.71. The van der Waals surface area contributed by atoms with Crippen LogP contribution in [0.15, 0.2) is 6.33 Å². The molecular weight excluding hydrogens is 326 g/mol. The van der Waals surface area contributed by atoms with Crippen LogP contribution in [0.25, 0.3) is 10.8 Å². The van der Waals surface area contributed by atoms with E-state index in [0.29, 0.717) is 34.2 Å². The van der Waals surface area contributed by atoms with Crippen molar-refractivity contribution in [3.8, 4) is 10.8 Å². The van der Waals surface area contributed by atoms with Crippen molar-refractivity contribution in [1.29, 1.82) is 0 Å². The molecule has 1 saturated carbocycles. The minimum atomic E-state index is -2.64. The van der Waals surface area contributed by atoms with Crippen molar-refractivity contribution in [1.82, 2.24) is 20.2 Å². The minimum absolute atomic E-state index is 0.0173. The van der Waals surface area contributed by atoms with Gasteiger partial charge in [0, 0.05) is 12.8 Å². The maximum absolute atomic E-state index is 13.4. The molecule has 1 atom stereocenters. The largest absolute Gasteiger partial charge is 0.461 e. The summed E-state index contributed by atoms with van der Waals surface area (Å²) in [5, 5.41) is 6.95. The Hall–Kier alpha value is -1.90. The maximum atomic E-state index is 13.4. The zero-order valence-corrected chi connectivity index (χ0v) is 13.3. The lowest BCUT2D eigenvalue weighted by Gasteiger charge is -2.28. The van der Waals surface area contributed by atoms with Crippen LogP contribution in [0.1, 0.15) is 41.0 Å². The summed E-state index contributed by atoms with van der Waals surface area (Å²) in [7, 11) is 0. The molecule has 0 unspecified atom stereocenters. The van der Waals surface area contributed by atoms with Gasteiger partial charge in [-0.05, 0) is 25.7 Å². The first kappa shape index (κ1) is 16.0. The molecule has 6 nitrogen and oxygen atoms in total. The first-order valence-electron chi connectivity index (χ1n) is 7.33. The summed E-state index contributed by atoms with van der Waals surface area (Å²) in [6.07, 6.45) is 2.18. The first-order valence-corrected chi connectivity index (χ1v) is 8.14. The van der Waals surface area contributed by atoms with E-state index in [9.17, 15) is 13.6 Å². The van der Waals surface area contributed by atoms with Crippen molar-refractivity contribution < 1.29 is 18.3 Å². The van der Waals surface area contributed by atoms with Gasteiger partial charge in [-0.15, -0.1) is 11.3 Å². The molecule has 3 rings (SSSR count). The normalized spacial score (nSPS) is 20.4. The fraction of sp³-hybridized carbons (Fsp3) is 0.571. The summed E-state index contributed by atoms with van der Waals surface area (Å²) < 4.78 is 31.9. The molecule has 2 heterocycles. The van der Waals surface area contributed by atoms with Crippen LogP contribution in [0.2, 0.25) is 0 Å². The fourth-order valence-corrected chi connectivity index (χ4v) is 3.58. The lowest BCUT2D eigenvalue weighted by Crippen LogP contribution is -2.29. The molecule has 1 aliphatic rings. The molecule has 0 spiro atoms. The lowest BCUT2D eigenvalue weighted by atomic mass is 9.87. The summed E-state index contributed by atoms with van der Waals surface area (Å²) >= 11 is 1.14. The number of H-pyrrole nitrogens is 1. The van der Waals surface area contributed by atoms with Gasteiger partial charge < -0.3 is 4.74 Å². The first-order chi connectivity index (χ1) is 10.9. The van der Waals surface area contributed by atoms with E-state index >= 15 is 0 Å². The van der Waals surface area contributed by atoms with Crippen LogP contribution in [0, 0.1) is 12.8 Å². The number of nitrogens with one attached hydrogen (secondary N) is 1. The summed E-state index contributed by atoms with van der Waals surface area (Å²) in [5.41, 5.74) is 0.528. The summed E-state index contributed by atoms with van der Waals surface area (Å²) in [6, 6.07) is 0. The zero-order valence-electron chi connectivity index (χ0n) is 12.5. The Balaban J connectivity index is 1.62. The highest BCUT2D eigenvalue weighted by Crippen LogP contribution is 2.37. The second-order valence-electron chi connectivity index (χ2n) is 5.68. The smallest absolute Gasteiger partial charge is 0.350 e. The highest BCUT2D eigenvalue weighted by molar-refractivity contribution is 7.16. The molecule has 124 valence electrons. The molecule has 0 aliphatic heterocycles. The van der Waals surface area contributed by atoms with Crippen molar-refractivity contribution in [3.05, 3.63) is 16.9 Å². The van der Waals surface area contributed by atoms with Crippen LogP contribution in [-0.4, -0.2) is 38.7 Å². The minimum Gasteiger partial charge on any atom is -0.461 e. The van der Waals surface area contributed by atoms with Crippen molar-refractivity contribution in [2.45, 2.75) is 38.5 Å². The SMILES string of the molecule is Cc1nc(-c2ncn[nH]2)sc1C(=O)OC[C@H]1CCCC(F)(F)C1. The van der Waals surface area contributed by atoms with Gasteiger partial charge in [-0.25, -0.2) is 23.5 Å². The molecule has 0 radical (unpaired) electrons. The van der Waals surface area contributed by atoms with E-state index in [4.69, 9.17) is 4.74 Å².